The van der Waals surface area contributed by atoms with Crippen molar-refractivity contribution < 1.29 is 19.1 Å². The molecule has 2 N–H and O–H groups in total. The maximum atomic E-state index is 12.8. The average Bonchev–Trinajstić information content (AvgIpc) is 3.25. The van der Waals surface area contributed by atoms with Gasteiger partial charge in [0.2, 0.25) is 5.91 Å². The average molecular weight is 463 g/mol. The molecule has 1 fully saturated rings. The monoisotopic (exact) mass is 462 g/mol. The maximum Gasteiger partial charge on any atom is 0.329 e. The van der Waals surface area contributed by atoms with Gasteiger partial charge in [0, 0.05) is 63.2 Å². The summed E-state index contributed by atoms with van der Waals surface area (Å²) in [7, 11) is 0. The van der Waals surface area contributed by atoms with E-state index in [2.05, 4.69) is 27.3 Å². The molecule has 2 amide bonds. The second-order valence-corrected chi connectivity index (χ2v) is 8.57. The first-order valence-electron chi connectivity index (χ1n) is 11.5. The number of nitrogens with zero attached hydrogens (tertiary/aromatic N) is 2. The normalized spacial score (nSPS) is 15.1. The molecule has 0 aliphatic carbocycles. The van der Waals surface area contributed by atoms with Crippen LogP contribution in [0.25, 0.3) is 10.9 Å². The third-order valence-corrected chi connectivity index (χ3v) is 6.07. The number of ether oxygens (including phenoxy) is 1. The topological polar surface area (TPSA) is 94.7 Å². The molecule has 0 saturated carbocycles. The predicted octanol–water partition coefficient (Wildman–Crippen LogP) is 2.10. The summed E-state index contributed by atoms with van der Waals surface area (Å²) in [4.78, 5) is 44.3. The van der Waals surface area contributed by atoms with Gasteiger partial charge in [0.05, 0.1) is 0 Å². The third kappa shape index (κ3) is 6.02. The molecular weight excluding hydrogens is 432 g/mol. The lowest BCUT2D eigenvalue weighted by Crippen LogP contribution is -2.50. The minimum Gasteiger partial charge on any atom is -0.454 e. The number of carbonyl (C=O) groups is 3. The summed E-state index contributed by atoms with van der Waals surface area (Å²) in [5.74, 6) is -1.17. The summed E-state index contributed by atoms with van der Waals surface area (Å²) < 4.78 is 5.33. The zero-order valence-electron chi connectivity index (χ0n) is 19.3. The van der Waals surface area contributed by atoms with E-state index in [-0.39, 0.29) is 24.8 Å². The number of amides is 2. The molecule has 178 valence electrons. The van der Waals surface area contributed by atoms with Gasteiger partial charge >= 0.3 is 5.97 Å². The Balaban J connectivity index is 1.28. The van der Waals surface area contributed by atoms with Gasteiger partial charge in [-0.05, 0) is 17.2 Å². The lowest BCUT2D eigenvalue weighted by Gasteiger charge is -2.34. The first-order chi connectivity index (χ1) is 16.5. The summed E-state index contributed by atoms with van der Waals surface area (Å²) in [5, 5.41) is 3.64. The molecule has 8 nitrogen and oxygen atoms in total. The van der Waals surface area contributed by atoms with Gasteiger partial charge in [-0.2, -0.15) is 0 Å². The van der Waals surface area contributed by atoms with Crippen LogP contribution in [0.5, 0.6) is 0 Å². The molecule has 0 radical (unpaired) electrons. The molecule has 2 heterocycles. The van der Waals surface area contributed by atoms with Crippen LogP contribution in [0.15, 0.2) is 60.8 Å². The van der Waals surface area contributed by atoms with Crippen molar-refractivity contribution in [2.24, 2.45) is 0 Å². The van der Waals surface area contributed by atoms with E-state index in [1.165, 1.54) is 12.5 Å². The van der Waals surface area contributed by atoms with Crippen LogP contribution in [0, 0.1) is 0 Å². The van der Waals surface area contributed by atoms with Crippen LogP contribution in [-0.2, 0) is 32.1 Å². The Morgan fingerprint density at radius 1 is 1.00 bits per heavy atom. The number of nitrogens with one attached hydrogen (secondary N) is 2. The molecule has 3 aromatic rings. The van der Waals surface area contributed by atoms with Gasteiger partial charge in [-0.25, -0.2) is 4.79 Å². The summed E-state index contributed by atoms with van der Waals surface area (Å²) in [6.07, 6.45) is 2.10. The molecule has 1 saturated heterocycles. The predicted molar refractivity (Wildman–Crippen MR) is 129 cm³/mol. The van der Waals surface area contributed by atoms with Crippen molar-refractivity contribution in [3.63, 3.8) is 0 Å². The van der Waals surface area contributed by atoms with Gasteiger partial charge in [-0.15, -0.1) is 0 Å². The first kappa shape index (κ1) is 23.5. The van der Waals surface area contributed by atoms with Crippen molar-refractivity contribution in [1.29, 1.82) is 0 Å². The van der Waals surface area contributed by atoms with E-state index < -0.39 is 12.0 Å². The highest BCUT2D eigenvalue weighted by atomic mass is 16.5. The van der Waals surface area contributed by atoms with Crippen molar-refractivity contribution in [1.82, 2.24) is 20.1 Å². The van der Waals surface area contributed by atoms with Crippen LogP contribution in [0.2, 0.25) is 0 Å². The van der Waals surface area contributed by atoms with E-state index in [1.54, 1.807) is 4.90 Å². The molecule has 1 aromatic heterocycles. The number of hydrogen-bond donors (Lipinski definition) is 2. The molecule has 1 atom stereocenters. The highest BCUT2D eigenvalue weighted by molar-refractivity contribution is 5.88. The van der Waals surface area contributed by atoms with E-state index in [0.29, 0.717) is 13.1 Å². The van der Waals surface area contributed by atoms with Gasteiger partial charge in [-0.3, -0.25) is 14.5 Å². The number of esters is 1. The van der Waals surface area contributed by atoms with Crippen LogP contribution < -0.4 is 5.32 Å². The molecule has 0 unspecified atom stereocenters. The second kappa shape index (κ2) is 11.0. The Hall–Kier alpha value is -3.65. The molecule has 1 aliphatic heterocycles. The fraction of sp³-hybridized carbons (Fsp3) is 0.346. The quantitative estimate of drug-likeness (QED) is 0.500. The van der Waals surface area contributed by atoms with Gasteiger partial charge in [-0.1, -0.05) is 48.5 Å². The molecular formula is C26H30N4O4. The Labute approximate surface area is 198 Å². The highest BCUT2D eigenvalue weighted by Crippen LogP contribution is 2.19. The Bertz CT molecular complexity index is 1140. The maximum absolute atomic E-state index is 12.8. The zero-order chi connectivity index (χ0) is 23.9. The molecule has 8 heteroatoms. The van der Waals surface area contributed by atoms with Crippen LogP contribution in [-0.4, -0.2) is 71.4 Å². The smallest absolute Gasteiger partial charge is 0.329 e. The number of piperazine rings is 1. The SMILES string of the molecule is CC(=O)N[C@@H](Cc1c[nH]c2ccccc12)C(=O)OCC(=O)N1CCN(Cc2ccccc2)CC1. The standard InChI is InChI=1S/C26H30N4O4/c1-19(31)28-24(15-21-16-27-23-10-6-5-9-22(21)23)26(33)34-18-25(32)30-13-11-29(12-14-30)17-20-7-3-2-4-8-20/h2-10,16,24,27H,11-15,17-18H2,1H3,(H,28,31)/t24-/m0/s1. The highest BCUT2D eigenvalue weighted by Gasteiger charge is 2.26. The van der Waals surface area contributed by atoms with Crippen molar-refractivity contribution in [2.75, 3.05) is 32.8 Å². The second-order valence-electron chi connectivity index (χ2n) is 8.57. The summed E-state index contributed by atoms with van der Waals surface area (Å²) >= 11 is 0. The number of carbonyl (C=O) groups excluding carboxylic acids is 3. The number of hydrogen-bond acceptors (Lipinski definition) is 5. The van der Waals surface area contributed by atoms with Gasteiger partial charge in [0.25, 0.3) is 5.91 Å². The van der Waals surface area contributed by atoms with Gasteiger partial charge < -0.3 is 19.9 Å². The third-order valence-electron chi connectivity index (χ3n) is 6.07. The zero-order valence-corrected chi connectivity index (χ0v) is 19.3. The molecule has 2 aromatic carbocycles. The number of aromatic nitrogens is 1. The molecule has 0 spiro atoms. The first-order valence-corrected chi connectivity index (χ1v) is 11.5. The molecule has 1 aliphatic rings. The minimum atomic E-state index is -0.868. The van der Waals surface area contributed by atoms with E-state index >= 15 is 0 Å². The van der Waals surface area contributed by atoms with Crippen LogP contribution in [0.4, 0.5) is 0 Å². The number of aromatic amines is 1. The summed E-state index contributed by atoms with van der Waals surface area (Å²) in [6.45, 7) is 4.59. The van der Waals surface area contributed by atoms with Gasteiger partial charge in [0.1, 0.15) is 6.04 Å². The molecule has 0 bridgehead atoms. The molecule has 4 rings (SSSR count). The Morgan fingerprint density at radius 2 is 1.71 bits per heavy atom. The van der Waals surface area contributed by atoms with E-state index in [9.17, 15) is 14.4 Å². The van der Waals surface area contributed by atoms with E-state index in [4.69, 9.17) is 4.74 Å². The fourth-order valence-corrected chi connectivity index (χ4v) is 4.28. The Kier molecular flexibility index (Phi) is 7.59. The summed E-state index contributed by atoms with van der Waals surface area (Å²) in [5.41, 5.74) is 3.09. The number of rotatable bonds is 8. The van der Waals surface area contributed by atoms with Gasteiger partial charge in [0.15, 0.2) is 6.61 Å². The van der Waals surface area contributed by atoms with Crippen molar-refractivity contribution >= 4 is 28.7 Å². The number of fused-ring (bicyclic) bond motifs is 1. The Morgan fingerprint density at radius 3 is 2.44 bits per heavy atom. The largest absolute Gasteiger partial charge is 0.454 e. The fourth-order valence-electron chi connectivity index (χ4n) is 4.28. The van der Waals surface area contributed by atoms with E-state index in [1.807, 2.05) is 48.7 Å². The lowest BCUT2D eigenvalue weighted by molar-refractivity contribution is -0.155. The minimum absolute atomic E-state index is 0.221. The van der Waals surface area contributed by atoms with Crippen molar-refractivity contribution in [3.8, 4) is 0 Å². The summed E-state index contributed by atoms with van der Waals surface area (Å²) in [6, 6.07) is 17.1. The lowest BCUT2D eigenvalue weighted by atomic mass is 10.0. The van der Waals surface area contributed by atoms with Crippen LogP contribution in [0.3, 0.4) is 0 Å². The molecule has 34 heavy (non-hydrogen) atoms. The van der Waals surface area contributed by atoms with Crippen LogP contribution >= 0.6 is 0 Å². The van der Waals surface area contributed by atoms with Crippen LogP contribution in [0.1, 0.15) is 18.1 Å². The van der Waals surface area contributed by atoms with Crippen molar-refractivity contribution in [2.45, 2.75) is 25.9 Å². The van der Waals surface area contributed by atoms with Crippen molar-refractivity contribution in [3.05, 3.63) is 71.9 Å². The number of para-hydroxylation sites is 1. The van der Waals surface area contributed by atoms with E-state index in [0.717, 1.165) is 36.1 Å². The number of H-pyrrole nitrogens is 1. The number of benzene rings is 2.